The van der Waals surface area contributed by atoms with Crippen molar-refractivity contribution >= 4 is 0 Å². The van der Waals surface area contributed by atoms with Gasteiger partial charge in [-0.15, -0.1) is 0 Å². The number of benzene rings is 1. The molecule has 0 spiro atoms. The van der Waals surface area contributed by atoms with Crippen molar-refractivity contribution in [2.45, 2.75) is 57.4 Å². The van der Waals surface area contributed by atoms with Gasteiger partial charge in [0.05, 0.1) is 13.2 Å². The van der Waals surface area contributed by atoms with Gasteiger partial charge in [0.1, 0.15) is 11.5 Å². The summed E-state index contributed by atoms with van der Waals surface area (Å²) in [5.74, 6) is 2.33. The van der Waals surface area contributed by atoms with Crippen LogP contribution in [0, 0.1) is 0 Å². The predicted octanol–water partition coefficient (Wildman–Crippen LogP) is 3.02. The molecular weight excluding hydrogens is 262 g/mol. The molecular formula is C18H25NO2. The first-order valence-corrected chi connectivity index (χ1v) is 8.58. The molecule has 3 aliphatic rings. The smallest absolute Gasteiger partial charge is 0.126 e. The van der Waals surface area contributed by atoms with Crippen LogP contribution in [-0.4, -0.2) is 25.8 Å². The maximum Gasteiger partial charge on any atom is 0.126 e. The SMILES string of the molecule is c1c2c(c(CC3CCCCN3)c3c1OCCC3)OCCC2. The molecule has 3 heteroatoms. The molecule has 0 aliphatic carbocycles. The highest BCUT2D eigenvalue weighted by Gasteiger charge is 2.26. The minimum atomic E-state index is 0.613. The zero-order chi connectivity index (χ0) is 14.1. The molecule has 21 heavy (non-hydrogen) atoms. The number of rotatable bonds is 2. The second-order valence-corrected chi connectivity index (χ2v) is 6.58. The number of hydrogen-bond acceptors (Lipinski definition) is 3. The molecule has 0 amide bonds. The van der Waals surface area contributed by atoms with Crippen LogP contribution in [0.25, 0.3) is 0 Å². The summed E-state index contributed by atoms with van der Waals surface area (Å²) in [5, 5.41) is 3.68. The van der Waals surface area contributed by atoms with E-state index in [-0.39, 0.29) is 0 Å². The molecule has 4 rings (SSSR count). The van der Waals surface area contributed by atoms with E-state index in [1.165, 1.54) is 48.2 Å². The third kappa shape index (κ3) is 2.64. The van der Waals surface area contributed by atoms with Crippen molar-refractivity contribution in [2.75, 3.05) is 19.8 Å². The zero-order valence-electron chi connectivity index (χ0n) is 12.7. The molecule has 114 valence electrons. The Kier molecular flexibility index (Phi) is 3.76. The van der Waals surface area contributed by atoms with Crippen molar-refractivity contribution in [3.63, 3.8) is 0 Å². The molecule has 1 saturated heterocycles. The molecule has 1 fully saturated rings. The van der Waals surface area contributed by atoms with Crippen molar-refractivity contribution in [1.29, 1.82) is 0 Å². The van der Waals surface area contributed by atoms with Crippen LogP contribution in [0.2, 0.25) is 0 Å². The Bertz CT molecular complexity index is 486. The van der Waals surface area contributed by atoms with Crippen LogP contribution in [0.5, 0.6) is 11.5 Å². The average Bonchev–Trinajstić information content (AvgIpc) is 2.55. The van der Waals surface area contributed by atoms with E-state index in [2.05, 4.69) is 11.4 Å². The fraction of sp³-hybridized carbons (Fsp3) is 0.667. The minimum absolute atomic E-state index is 0.613. The maximum absolute atomic E-state index is 6.08. The molecule has 1 aromatic carbocycles. The number of piperidine rings is 1. The van der Waals surface area contributed by atoms with Crippen molar-refractivity contribution in [3.05, 3.63) is 22.8 Å². The number of fused-ring (bicyclic) bond motifs is 2. The maximum atomic E-state index is 6.08. The van der Waals surface area contributed by atoms with Gasteiger partial charge in [-0.25, -0.2) is 0 Å². The molecule has 1 unspecified atom stereocenters. The van der Waals surface area contributed by atoms with Gasteiger partial charge in [-0.05, 0) is 63.1 Å². The van der Waals surface area contributed by atoms with Crippen LogP contribution in [0.15, 0.2) is 6.07 Å². The Labute approximate surface area is 127 Å². The van der Waals surface area contributed by atoms with Gasteiger partial charge in [-0.2, -0.15) is 0 Å². The third-order valence-electron chi connectivity index (χ3n) is 5.06. The summed E-state index contributed by atoms with van der Waals surface area (Å²) in [7, 11) is 0. The van der Waals surface area contributed by atoms with Crippen molar-refractivity contribution in [1.82, 2.24) is 5.32 Å². The summed E-state index contributed by atoms with van der Waals surface area (Å²) < 4.78 is 12.0. The Balaban J connectivity index is 1.71. The number of ether oxygens (including phenoxy) is 2. The first kappa shape index (κ1) is 13.4. The van der Waals surface area contributed by atoms with Crippen LogP contribution in [0.1, 0.15) is 48.8 Å². The van der Waals surface area contributed by atoms with Gasteiger partial charge < -0.3 is 14.8 Å². The summed E-state index contributed by atoms with van der Waals surface area (Å²) in [5.41, 5.74) is 4.24. The average molecular weight is 287 g/mol. The molecule has 3 heterocycles. The summed E-state index contributed by atoms with van der Waals surface area (Å²) >= 11 is 0. The van der Waals surface area contributed by atoms with Crippen LogP contribution in [0.4, 0.5) is 0 Å². The Morgan fingerprint density at radius 1 is 1.05 bits per heavy atom. The fourth-order valence-corrected chi connectivity index (χ4v) is 3.99. The van der Waals surface area contributed by atoms with E-state index in [9.17, 15) is 0 Å². The summed E-state index contributed by atoms with van der Waals surface area (Å²) in [6, 6.07) is 2.86. The molecule has 0 aromatic heterocycles. The molecule has 0 radical (unpaired) electrons. The first-order chi connectivity index (χ1) is 10.4. The van der Waals surface area contributed by atoms with Gasteiger partial charge in [0, 0.05) is 17.2 Å². The second kappa shape index (κ2) is 5.88. The fourth-order valence-electron chi connectivity index (χ4n) is 3.99. The molecule has 3 aliphatic heterocycles. The third-order valence-corrected chi connectivity index (χ3v) is 5.06. The van der Waals surface area contributed by atoms with Crippen LogP contribution in [0.3, 0.4) is 0 Å². The minimum Gasteiger partial charge on any atom is -0.493 e. The van der Waals surface area contributed by atoms with E-state index < -0.39 is 0 Å². The van der Waals surface area contributed by atoms with E-state index in [4.69, 9.17) is 9.47 Å². The quantitative estimate of drug-likeness (QED) is 0.907. The van der Waals surface area contributed by atoms with Crippen LogP contribution >= 0.6 is 0 Å². The molecule has 1 atom stereocenters. The van der Waals surface area contributed by atoms with Crippen LogP contribution < -0.4 is 14.8 Å². The molecule has 3 nitrogen and oxygen atoms in total. The molecule has 1 aromatic rings. The number of aryl methyl sites for hydroxylation is 1. The lowest BCUT2D eigenvalue weighted by atomic mass is 9.88. The Morgan fingerprint density at radius 3 is 2.86 bits per heavy atom. The zero-order valence-corrected chi connectivity index (χ0v) is 12.7. The van der Waals surface area contributed by atoms with E-state index in [0.717, 1.165) is 51.1 Å². The van der Waals surface area contributed by atoms with Gasteiger partial charge in [0.25, 0.3) is 0 Å². The lowest BCUT2D eigenvalue weighted by Crippen LogP contribution is -2.36. The topological polar surface area (TPSA) is 30.5 Å². The molecule has 0 saturated carbocycles. The van der Waals surface area contributed by atoms with E-state index in [0.29, 0.717) is 6.04 Å². The van der Waals surface area contributed by atoms with Crippen molar-refractivity contribution in [2.24, 2.45) is 0 Å². The summed E-state index contributed by atoms with van der Waals surface area (Å²) in [4.78, 5) is 0. The lowest BCUT2D eigenvalue weighted by Gasteiger charge is -2.30. The second-order valence-electron chi connectivity index (χ2n) is 6.58. The number of hydrogen-bond donors (Lipinski definition) is 1. The van der Waals surface area contributed by atoms with Gasteiger partial charge in [-0.3, -0.25) is 0 Å². The van der Waals surface area contributed by atoms with Crippen molar-refractivity contribution < 1.29 is 9.47 Å². The predicted molar refractivity (Wildman–Crippen MR) is 83.4 cm³/mol. The highest BCUT2D eigenvalue weighted by molar-refractivity contribution is 5.55. The monoisotopic (exact) mass is 287 g/mol. The highest BCUT2D eigenvalue weighted by Crippen LogP contribution is 2.40. The first-order valence-electron chi connectivity index (χ1n) is 8.58. The summed E-state index contributed by atoms with van der Waals surface area (Å²) in [6.45, 7) is 2.91. The van der Waals surface area contributed by atoms with Gasteiger partial charge in [0.2, 0.25) is 0 Å². The van der Waals surface area contributed by atoms with Crippen LogP contribution in [-0.2, 0) is 19.3 Å². The normalized spacial score (nSPS) is 24.5. The molecule has 1 N–H and O–H groups in total. The van der Waals surface area contributed by atoms with Gasteiger partial charge in [0.15, 0.2) is 0 Å². The van der Waals surface area contributed by atoms with Gasteiger partial charge >= 0.3 is 0 Å². The standard InChI is InChI=1S/C18H25NO2/c1-2-8-19-14(6-1)12-16-15-7-4-9-20-17(15)11-13-5-3-10-21-18(13)16/h11,14,19H,1-10,12H2. The largest absolute Gasteiger partial charge is 0.493 e. The Hall–Kier alpha value is -1.22. The lowest BCUT2D eigenvalue weighted by molar-refractivity contribution is 0.267. The van der Waals surface area contributed by atoms with Crippen molar-refractivity contribution in [3.8, 4) is 11.5 Å². The molecule has 0 bridgehead atoms. The van der Waals surface area contributed by atoms with Gasteiger partial charge in [-0.1, -0.05) is 6.42 Å². The summed E-state index contributed by atoms with van der Waals surface area (Å²) in [6.07, 6.45) is 9.62. The van der Waals surface area contributed by atoms with E-state index in [1.807, 2.05) is 0 Å². The van der Waals surface area contributed by atoms with E-state index >= 15 is 0 Å². The highest BCUT2D eigenvalue weighted by atomic mass is 16.5. The Morgan fingerprint density at radius 2 is 1.95 bits per heavy atom. The number of nitrogens with one attached hydrogen (secondary N) is 1. The van der Waals surface area contributed by atoms with E-state index in [1.54, 1.807) is 0 Å².